The highest BCUT2D eigenvalue weighted by atomic mass is 16.5. The van der Waals surface area contributed by atoms with E-state index in [1.54, 1.807) is 22.0 Å². The fraction of sp³-hybridized carbons (Fsp3) is 0.438. The summed E-state index contributed by atoms with van der Waals surface area (Å²) >= 11 is 0. The molecule has 3 rings (SSSR count). The number of aromatic nitrogens is 3. The van der Waals surface area contributed by atoms with Crippen molar-refractivity contribution in [3.63, 3.8) is 0 Å². The molecule has 1 aliphatic rings. The number of rotatable bonds is 5. The Bertz CT molecular complexity index is 664. The summed E-state index contributed by atoms with van der Waals surface area (Å²) in [6.45, 7) is 0.647. The van der Waals surface area contributed by atoms with E-state index in [0.29, 0.717) is 25.2 Å². The minimum absolute atomic E-state index is 0.147. The molecule has 2 N–H and O–H groups in total. The molecule has 128 valence electrons. The fourth-order valence-electron chi connectivity index (χ4n) is 2.82. The van der Waals surface area contributed by atoms with Crippen LogP contribution in [0.5, 0.6) is 0 Å². The van der Waals surface area contributed by atoms with Crippen LogP contribution in [0.1, 0.15) is 15.9 Å². The van der Waals surface area contributed by atoms with Gasteiger partial charge in [-0.15, -0.1) is 0 Å². The van der Waals surface area contributed by atoms with Crippen LogP contribution in [0.15, 0.2) is 36.9 Å². The summed E-state index contributed by atoms with van der Waals surface area (Å²) in [5, 5.41) is 22.7. The average Bonchev–Trinajstić information content (AvgIpc) is 3.14. The first kappa shape index (κ1) is 16.6. The first-order valence-corrected chi connectivity index (χ1v) is 7.78. The van der Waals surface area contributed by atoms with Crippen molar-refractivity contribution in [2.45, 2.75) is 18.8 Å². The Morgan fingerprint density at radius 2 is 1.92 bits per heavy atom. The number of amides is 1. The maximum absolute atomic E-state index is 12.9. The van der Waals surface area contributed by atoms with Gasteiger partial charge in [-0.2, -0.15) is 5.10 Å². The molecule has 0 saturated carbocycles. The van der Waals surface area contributed by atoms with Crippen LogP contribution in [0.3, 0.4) is 0 Å². The van der Waals surface area contributed by atoms with Crippen molar-refractivity contribution in [3.05, 3.63) is 48.0 Å². The molecule has 1 aliphatic heterocycles. The summed E-state index contributed by atoms with van der Waals surface area (Å²) in [7, 11) is 0. The number of hydrogen-bond donors (Lipinski definition) is 2. The van der Waals surface area contributed by atoms with E-state index in [9.17, 15) is 15.0 Å². The van der Waals surface area contributed by atoms with Gasteiger partial charge in [0, 0.05) is 18.7 Å². The Morgan fingerprint density at radius 3 is 2.54 bits per heavy atom. The predicted molar refractivity (Wildman–Crippen MR) is 84.3 cm³/mol. The molecule has 8 heteroatoms. The number of benzene rings is 1. The van der Waals surface area contributed by atoms with Crippen LogP contribution in [-0.2, 0) is 11.3 Å². The van der Waals surface area contributed by atoms with Crippen LogP contribution in [0.2, 0.25) is 0 Å². The zero-order chi connectivity index (χ0) is 16.9. The number of aliphatic hydroxyl groups excluding tert-OH is 2. The molecule has 0 radical (unpaired) electrons. The lowest BCUT2D eigenvalue weighted by Crippen LogP contribution is -2.52. The molecule has 1 saturated heterocycles. The summed E-state index contributed by atoms with van der Waals surface area (Å²) in [6.07, 6.45) is 2.08. The summed E-state index contributed by atoms with van der Waals surface area (Å²) in [5.74, 6) is -0.147. The third-order valence-electron chi connectivity index (χ3n) is 3.97. The second-order valence-corrected chi connectivity index (χ2v) is 5.71. The van der Waals surface area contributed by atoms with E-state index >= 15 is 0 Å². The van der Waals surface area contributed by atoms with E-state index in [-0.39, 0.29) is 19.1 Å². The molecular formula is C16H20N4O4. The van der Waals surface area contributed by atoms with Crippen molar-refractivity contribution in [1.29, 1.82) is 0 Å². The Labute approximate surface area is 139 Å². The molecule has 1 aromatic carbocycles. The topological polar surface area (TPSA) is 101 Å². The molecule has 2 heterocycles. The van der Waals surface area contributed by atoms with Gasteiger partial charge in [-0.3, -0.25) is 4.79 Å². The fourth-order valence-corrected chi connectivity index (χ4v) is 2.82. The van der Waals surface area contributed by atoms with E-state index in [1.165, 1.54) is 6.33 Å². The van der Waals surface area contributed by atoms with Crippen LogP contribution < -0.4 is 0 Å². The lowest BCUT2D eigenvalue weighted by atomic mass is 10.0. The average molecular weight is 332 g/mol. The second-order valence-electron chi connectivity index (χ2n) is 5.71. The van der Waals surface area contributed by atoms with E-state index in [0.717, 1.165) is 5.56 Å². The number of morpholine rings is 1. The van der Waals surface area contributed by atoms with Gasteiger partial charge in [-0.05, 0) is 11.6 Å². The van der Waals surface area contributed by atoms with Gasteiger partial charge in [0.15, 0.2) is 0 Å². The van der Waals surface area contributed by atoms with Gasteiger partial charge >= 0.3 is 0 Å². The first-order chi connectivity index (χ1) is 11.7. The first-order valence-electron chi connectivity index (χ1n) is 7.78. The highest BCUT2D eigenvalue weighted by molar-refractivity contribution is 5.95. The van der Waals surface area contributed by atoms with Gasteiger partial charge in [-0.25, -0.2) is 9.67 Å². The molecule has 24 heavy (non-hydrogen) atoms. The van der Waals surface area contributed by atoms with Gasteiger partial charge in [0.2, 0.25) is 0 Å². The number of aliphatic hydroxyl groups is 2. The zero-order valence-electron chi connectivity index (χ0n) is 13.2. The van der Waals surface area contributed by atoms with Gasteiger partial charge in [0.25, 0.3) is 5.91 Å². The van der Waals surface area contributed by atoms with Gasteiger partial charge in [0.05, 0.1) is 32.0 Å². The molecule has 0 aliphatic carbocycles. The highest BCUT2D eigenvalue weighted by Crippen LogP contribution is 2.18. The zero-order valence-corrected chi connectivity index (χ0v) is 13.2. The molecule has 1 amide bonds. The van der Waals surface area contributed by atoms with E-state index in [2.05, 4.69) is 10.1 Å². The van der Waals surface area contributed by atoms with Crippen molar-refractivity contribution < 1.29 is 19.7 Å². The van der Waals surface area contributed by atoms with Crippen molar-refractivity contribution in [3.8, 4) is 0 Å². The third kappa shape index (κ3) is 3.61. The molecule has 0 unspecified atom stereocenters. The molecule has 8 nitrogen and oxygen atoms in total. The molecule has 0 spiro atoms. The van der Waals surface area contributed by atoms with Gasteiger partial charge < -0.3 is 19.8 Å². The molecule has 0 bridgehead atoms. The number of ether oxygens (including phenoxy) is 1. The predicted octanol–water partition coefficient (Wildman–Crippen LogP) is -0.479. The lowest BCUT2D eigenvalue weighted by molar-refractivity contribution is -0.108. The molecule has 2 aromatic rings. The largest absolute Gasteiger partial charge is 0.394 e. The Balaban J connectivity index is 1.81. The maximum Gasteiger partial charge on any atom is 0.254 e. The highest BCUT2D eigenvalue weighted by Gasteiger charge is 2.31. The number of hydrogen-bond acceptors (Lipinski definition) is 6. The van der Waals surface area contributed by atoms with Crippen LogP contribution in [0, 0.1) is 0 Å². The quantitative estimate of drug-likeness (QED) is 0.767. The second kappa shape index (κ2) is 7.52. The van der Waals surface area contributed by atoms with Crippen molar-refractivity contribution in [2.75, 3.05) is 26.3 Å². The molecule has 1 aromatic heterocycles. The number of carbonyl (C=O) groups is 1. The van der Waals surface area contributed by atoms with Crippen LogP contribution in [0.25, 0.3) is 0 Å². The lowest BCUT2D eigenvalue weighted by Gasteiger charge is -2.37. The van der Waals surface area contributed by atoms with Gasteiger partial charge in [0.1, 0.15) is 12.7 Å². The van der Waals surface area contributed by atoms with Crippen molar-refractivity contribution in [1.82, 2.24) is 19.7 Å². The van der Waals surface area contributed by atoms with E-state index in [4.69, 9.17) is 4.74 Å². The smallest absolute Gasteiger partial charge is 0.254 e. The monoisotopic (exact) mass is 332 g/mol. The Hall–Kier alpha value is -2.29. The summed E-state index contributed by atoms with van der Waals surface area (Å²) < 4.78 is 7.15. The van der Waals surface area contributed by atoms with E-state index in [1.807, 2.05) is 18.2 Å². The Kier molecular flexibility index (Phi) is 5.19. The van der Waals surface area contributed by atoms with Crippen LogP contribution in [-0.4, -0.2) is 74.3 Å². The minimum Gasteiger partial charge on any atom is -0.394 e. The summed E-state index contributed by atoms with van der Waals surface area (Å²) in [5.41, 5.74) is 1.41. The summed E-state index contributed by atoms with van der Waals surface area (Å²) in [4.78, 5) is 18.5. The number of nitrogens with zero attached hydrogens (tertiary/aromatic N) is 4. The van der Waals surface area contributed by atoms with Crippen molar-refractivity contribution >= 4 is 5.91 Å². The standard InChI is InChI=1S/C16H20N4O4/c21-8-13-6-19(7-14(9-22)24-13)16(23)15-4-2-1-3-12(15)5-20-11-17-10-18-20/h1-4,10-11,13-14,21-22H,5-9H2/t13-,14+. The normalized spacial score (nSPS) is 21.0. The third-order valence-corrected chi connectivity index (χ3v) is 3.97. The summed E-state index contributed by atoms with van der Waals surface area (Å²) in [6, 6.07) is 7.33. The Morgan fingerprint density at radius 1 is 1.21 bits per heavy atom. The van der Waals surface area contributed by atoms with Gasteiger partial charge in [-0.1, -0.05) is 18.2 Å². The van der Waals surface area contributed by atoms with Crippen molar-refractivity contribution in [2.24, 2.45) is 0 Å². The maximum atomic E-state index is 12.9. The van der Waals surface area contributed by atoms with E-state index < -0.39 is 12.2 Å². The number of carbonyl (C=O) groups excluding carboxylic acids is 1. The molecule has 1 fully saturated rings. The molecular weight excluding hydrogens is 312 g/mol. The molecule has 2 atom stereocenters. The van der Waals surface area contributed by atoms with Crippen LogP contribution in [0.4, 0.5) is 0 Å². The SMILES string of the molecule is O=C(c1ccccc1Cn1cncn1)N1C[C@@H](CO)O[C@@H](CO)C1. The van der Waals surface area contributed by atoms with Crippen LogP contribution >= 0.6 is 0 Å². The minimum atomic E-state index is -0.484.